The van der Waals surface area contributed by atoms with E-state index in [1.54, 1.807) is 0 Å². The predicted octanol–water partition coefficient (Wildman–Crippen LogP) is 1.58. The summed E-state index contributed by atoms with van der Waals surface area (Å²) in [5, 5.41) is 0. The van der Waals surface area contributed by atoms with Crippen molar-refractivity contribution in [3.05, 3.63) is 0 Å². The fourth-order valence-electron chi connectivity index (χ4n) is 0.444. The molecule has 0 aliphatic heterocycles. The van der Waals surface area contributed by atoms with Crippen LogP contribution in [0.3, 0.4) is 0 Å². The summed E-state index contributed by atoms with van der Waals surface area (Å²) < 4.78 is 8.84. The average molecular weight is 468 g/mol. The number of rotatable bonds is 4. The molecule has 0 aromatic heterocycles. The molecule has 15 heavy (non-hydrogen) atoms. The molecule has 2 nitrogen and oxygen atoms in total. The van der Waals surface area contributed by atoms with Gasteiger partial charge in [-0.1, -0.05) is 0 Å². The van der Waals surface area contributed by atoms with Crippen molar-refractivity contribution in [1.82, 2.24) is 0 Å². The zero-order chi connectivity index (χ0) is 11.7. The van der Waals surface area contributed by atoms with E-state index in [1.807, 2.05) is 27.7 Å². The molecule has 0 aliphatic carbocycles. The predicted molar refractivity (Wildman–Crippen MR) is 69.5 cm³/mol. The number of ether oxygens (including phenoxy) is 2. The maximum Gasteiger partial charge on any atom is 4.00 e. The zero-order valence-corrected chi connectivity index (χ0v) is 14.6. The largest absolute Gasteiger partial charge is 4.00 e. The summed E-state index contributed by atoms with van der Waals surface area (Å²) in [6, 6.07) is 0. The summed E-state index contributed by atoms with van der Waals surface area (Å²) in [4.78, 5) is 0. The Morgan fingerprint density at radius 2 is 0.867 bits per heavy atom. The maximum absolute atomic E-state index is 4.88. The molecular weight excluding hydrogens is 451 g/mol. The molecule has 0 fully saturated rings. The van der Waals surface area contributed by atoms with Gasteiger partial charge >= 0.3 is 21.1 Å². The summed E-state index contributed by atoms with van der Waals surface area (Å²) in [6.07, 6.45) is 0.333. The normalized spacial score (nSPS) is 10.4. The molecule has 0 atom stereocenters. The minimum Gasteiger partial charge on any atom is -0.788 e. The Balaban J connectivity index is -0.000000180. The van der Waals surface area contributed by atoms with E-state index in [0.29, 0.717) is 0 Å². The van der Waals surface area contributed by atoms with Gasteiger partial charge in [0.1, 0.15) is 0 Å². The second kappa shape index (κ2) is 14.1. The SMILES string of the molecule is CC(C)OC([S-])[S-].CC(C)OC([S-])[S-].[Pt+4]. The van der Waals surface area contributed by atoms with Crippen LogP contribution in [-0.2, 0) is 81.1 Å². The van der Waals surface area contributed by atoms with Crippen LogP contribution in [0, 0.1) is 0 Å². The standard InChI is InChI=1S/2C4H10OS2.Pt/c2*1-3(2)5-4(6)7;/h2*3-4,6-7H,1-2H3;/q;;+4/p-4. The Morgan fingerprint density at radius 3 is 0.867 bits per heavy atom. The third kappa shape index (κ3) is 31.4. The minimum absolute atomic E-state index is 0. The van der Waals surface area contributed by atoms with Gasteiger partial charge < -0.3 is 60.0 Å². The molecule has 0 aromatic carbocycles. The number of hydrogen-bond acceptors (Lipinski definition) is 6. The van der Waals surface area contributed by atoms with Gasteiger partial charge in [-0.15, -0.1) is 0 Å². The van der Waals surface area contributed by atoms with Crippen molar-refractivity contribution in [2.45, 2.75) is 49.4 Å². The fourth-order valence-corrected chi connectivity index (χ4v) is 1.33. The fraction of sp³-hybridized carbons (Fsp3) is 1.00. The van der Waals surface area contributed by atoms with Gasteiger partial charge in [-0.3, -0.25) is 0 Å². The molecular formula is C8H16O2PtS4. The van der Waals surface area contributed by atoms with Crippen LogP contribution in [0.25, 0.3) is 0 Å². The van der Waals surface area contributed by atoms with E-state index < -0.39 is 9.54 Å². The van der Waals surface area contributed by atoms with Gasteiger partial charge in [0.15, 0.2) is 0 Å². The molecule has 0 bridgehead atoms. The summed E-state index contributed by atoms with van der Waals surface area (Å²) in [5.74, 6) is 0. The van der Waals surface area contributed by atoms with Gasteiger partial charge in [0.25, 0.3) is 0 Å². The summed E-state index contributed by atoms with van der Waals surface area (Å²) in [7, 11) is 0. The van der Waals surface area contributed by atoms with Crippen LogP contribution >= 0.6 is 0 Å². The third-order valence-electron chi connectivity index (χ3n) is 0.767. The molecule has 0 amide bonds. The Labute approximate surface area is 130 Å². The van der Waals surface area contributed by atoms with Crippen LogP contribution in [0.15, 0.2) is 0 Å². The Bertz CT molecular complexity index is 97.2. The molecule has 0 aliphatic rings. The minimum atomic E-state index is -0.458. The van der Waals surface area contributed by atoms with Crippen molar-refractivity contribution in [3.8, 4) is 0 Å². The summed E-state index contributed by atoms with van der Waals surface area (Å²) >= 11 is 18.2. The quantitative estimate of drug-likeness (QED) is 0.581. The molecule has 94 valence electrons. The Kier molecular flexibility index (Phi) is 20.8. The van der Waals surface area contributed by atoms with Crippen molar-refractivity contribution in [3.63, 3.8) is 0 Å². The van der Waals surface area contributed by atoms with Crippen molar-refractivity contribution in [1.29, 1.82) is 0 Å². The zero-order valence-electron chi connectivity index (χ0n) is 9.08. The molecule has 0 radical (unpaired) electrons. The smallest absolute Gasteiger partial charge is 0.788 e. The van der Waals surface area contributed by atoms with Gasteiger partial charge in [0.05, 0.1) is 0 Å². The van der Waals surface area contributed by atoms with Crippen molar-refractivity contribution < 1.29 is 30.5 Å². The molecule has 0 heterocycles. The third-order valence-corrected chi connectivity index (χ3v) is 1.21. The van der Waals surface area contributed by atoms with Crippen LogP contribution in [0.1, 0.15) is 27.7 Å². The molecule has 0 saturated carbocycles. The van der Waals surface area contributed by atoms with E-state index in [4.69, 9.17) is 9.47 Å². The molecule has 0 aromatic rings. The van der Waals surface area contributed by atoms with Crippen molar-refractivity contribution in [2.24, 2.45) is 0 Å². The molecule has 7 heteroatoms. The van der Waals surface area contributed by atoms with E-state index in [1.165, 1.54) is 0 Å². The van der Waals surface area contributed by atoms with E-state index in [9.17, 15) is 0 Å². The van der Waals surface area contributed by atoms with Gasteiger partial charge in [0, 0.05) is 12.2 Å². The molecule has 0 spiro atoms. The van der Waals surface area contributed by atoms with E-state index in [2.05, 4.69) is 50.5 Å². The van der Waals surface area contributed by atoms with E-state index >= 15 is 0 Å². The first kappa shape index (κ1) is 22.2. The van der Waals surface area contributed by atoms with Gasteiger partial charge in [0.2, 0.25) is 0 Å². The summed E-state index contributed by atoms with van der Waals surface area (Å²) in [6.45, 7) is 7.63. The van der Waals surface area contributed by atoms with Gasteiger partial charge in [-0.05, 0) is 27.7 Å². The second-order valence-electron chi connectivity index (χ2n) is 2.95. The maximum atomic E-state index is 4.88. The first-order valence-electron chi connectivity index (χ1n) is 4.20. The van der Waals surface area contributed by atoms with Gasteiger partial charge in [-0.25, -0.2) is 0 Å². The molecule has 0 saturated heterocycles. The van der Waals surface area contributed by atoms with E-state index in [0.717, 1.165) is 0 Å². The first-order chi connectivity index (χ1) is 6.25. The first-order valence-corrected chi connectivity index (χ1v) is 6.08. The van der Waals surface area contributed by atoms with Crippen LogP contribution in [0.4, 0.5) is 0 Å². The second-order valence-corrected chi connectivity index (χ2v) is 5.26. The Morgan fingerprint density at radius 1 is 0.667 bits per heavy atom. The average Bonchev–Trinajstić information content (AvgIpc) is 1.79. The topological polar surface area (TPSA) is 18.5 Å². The van der Waals surface area contributed by atoms with Crippen molar-refractivity contribution in [2.75, 3.05) is 0 Å². The van der Waals surface area contributed by atoms with Gasteiger partial charge in [-0.2, -0.15) is 9.54 Å². The van der Waals surface area contributed by atoms with Crippen molar-refractivity contribution >= 4 is 50.5 Å². The monoisotopic (exact) mass is 467 g/mol. The van der Waals surface area contributed by atoms with Crippen LogP contribution in [0.2, 0.25) is 0 Å². The summed E-state index contributed by atoms with van der Waals surface area (Å²) in [5.41, 5.74) is 0. The van der Waals surface area contributed by atoms with E-state index in [-0.39, 0.29) is 33.3 Å². The van der Waals surface area contributed by atoms with Crippen LogP contribution in [0.5, 0.6) is 0 Å². The molecule has 0 rings (SSSR count). The number of hydrogen-bond donors (Lipinski definition) is 0. The molecule has 0 N–H and O–H groups in total. The van der Waals surface area contributed by atoms with Crippen LogP contribution < -0.4 is 0 Å². The Hall–Kier alpha value is 2.01. The van der Waals surface area contributed by atoms with Crippen LogP contribution in [-0.4, -0.2) is 21.7 Å². The molecule has 0 unspecified atom stereocenters.